The van der Waals surface area contributed by atoms with Gasteiger partial charge in [0.15, 0.2) is 0 Å². The highest BCUT2D eigenvalue weighted by Crippen LogP contribution is 2.08. The predicted molar refractivity (Wildman–Crippen MR) is 75.9 cm³/mol. The molecule has 1 saturated heterocycles. The van der Waals surface area contributed by atoms with Crippen molar-refractivity contribution >= 4 is 12.2 Å². The standard InChI is InChI=1S/C13H19N5O/c14-13(15)17-16-9-11-1-3-12(4-2-11)10-18-5-7-19-8-6-18/h1-4,9H,5-8,10H2,(H4,14,15,17). The van der Waals surface area contributed by atoms with Crippen molar-refractivity contribution in [3.63, 3.8) is 0 Å². The molecule has 1 heterocycles. The van der Waals surface area contributed by atoms with Crippen LogP contribution in [0.15, 0.2) is 34.5 Å². The van der Waals surface area contributed by atoms with E-state index < -0.39 is 0 Å². The van der Waals surface area contributed by atoms with Gasteiger partial charge in [0.2, 0.25) is 5.96 Å². The summed E-state index contributed by atoms with van der Waals surface area (Å²) in [7, 11) is 0. The third kappa shape index (κ3) is 4.69. The Hall–Kier alpha value is -1.92. The van der Waals surface area contributed by atoms with Crippen LogP contribution in [-0.2, 0) is 11.3 Å². The number of hydrogen-bond acceptors (Lipinski definition) is 4. The summed E-state index contributed by atoms with van der Waals surface area (Å²) >= 11 is 0. The van der Waals surface area contributed by atoms with Gasteiger partial charge >= 0.3 is 0 Å². The van der Waals surface area contributed by atoms with Crippen LogP contribution >= 0.6 is 0 Å². The van der Waals surface area contributed by atoms with Gasteiger partial charge in [-0.15, -0.1) is 5.10 Å². The molecule has 19 heavy (non-hydrogen) atoms. The summed E-state index contributed by atoms with van der Waals surface area (Å²) < 4.78 is 5.33. The molecule has 0 spiro atoms. The van der Waals surface area contributed by atoms with Crippen LogP contribution in [-0.4, -0.2) is 43.4 Å². The zero-order valence-corrected chi connectivity index (χ0v) is 10.8. The number of morpholine rings is 1. The molecule has 102 valence electrons. The summed E-state index contributed by atoms with van der Waals surface area (Å²) in [6.07, 6.45) is 1.62. The topological polar surface area (TPSA) is 89.2 Å². The van der Waals surface area contributed by atoms with Gasteiger partial charge < -0.3 is 16.2 Å². The molecular formula is C13H19N5O. The summed E-state index contributed by atoms with van der Waals surface area (Å²) in [5.74, 6) is -0.0415. The Morgan fingerprint density at radius 1 is 1.21 bits per heavy atom. The fourth-order valence-corrected chi connectivity index (χ4v) is 1.89. The van der Waals surface area contributed by atoms with Crippen molar-refractivity contribution in [1.82, 2.24) is 4.90 Å². The summed E-state index contributed by atoms with van der Waals surface area (Å²) in [4.78, 5) is 2.38. The van der Waals surface area contributed by atoms with Gasteiger partial charge in [-0.25, -0.2) is 0 Å². The fourth-order valence-electron chi connectivity index (χ4n) is 1.89. The highest BCUT2D eigenvalue weighted by Gasteiger charge is 2.10. The van der Waals surface area contributed by atoms with Crippen LogP contribution in [0.1, 0.15) is 11.1 Å². The fraction of sp³-hybridized carbons (Fsp3) is 0.385. The zero-order valence-electron chi connectivity index (χ0n) is 10.8. The van der Waals surface area contributed by atoms with E-state index in [0.29, 0.717) is 0 Å². The molecule has 1 aromatic rings. The van der Waals surface area contributed by atoms with Gasteiger partial charge in [0.05, 0.1) is 19.4 Å². The van der Waals surface area contributed by atoms with Crippen molar-refractivity contribution in [2.75, 3.05) is 26.3 Å². The molecule has 0 aromatic heterocycles. The van der Waals surface area contributed by atoms with Gasteiger partial charge in [-0.2, -0.15) is 5.10 Å². The van der Waals surface area contributed by atoms with Crippen molar-refractivity contribution in [3.8, 4) is 0 Å². The third-order valence-electron chi connectivity index (χ3n) is 2.87. The maximum atomic E-state index is 5.33. The predicted octanol–water partition coefficient (Wildman–Crippen LogP) is 0.126. The minimum Gasteiger partial charge on any atom is -0.379 e. The Labute approximate surface area is 112 Å². The molecule has 6 heteroatoms. The molecule has 0 radical (unpaired) electrons. The second-order valence-corrected chi connectivity index (χ2v) is 4.40. The first kappa shape index (κ1) is 13.5. The lowest BCUT2D eigenvalue weighted by atomic mass is 10.1. The number of guanidine groups is 1. The highest BCUT2D eigenvalue weighted by molar-refractivity contribution is 5.81. The summed E-state index contributed by atoms with van der Waals surface area (Å²) in [5, 5.41) is 7.33. The Balaban J connectivity index is 1.90. The van der Waals surface area contributed by atoms with E-state index in [4.69, 9.17) is 16.2 Å². The summed E-state index contributed by atoms with van der Waals surface area (Å²) in [5.41, 5.74) is 12.6. The number of nitrogens with two attached hydrogens (primary N) is 2. The lowest BCUT2D eigenvalue weighted by Gasteiger charge is -2.26. The van der Waals surface area contributed by atoms with E-state index in [1.54, 1.807) is 6.21 Å². The average molecular weight is 261 g/mol. The highest BCUT2D eigenvalue weighted by atomic mass is 16.5. The monoisotopic (exact) mass is 261 g/mol. The molecule has 4 N–H and O–H groups in total. The minimum absolute atomic E-state index is 0.0415. The first-order valence-electron chi connectivity index (χ1n) is 6.25. The van der Waals surface area contributed by atoms with Crippen molar-refractivity contribution in [1.29, 1.82) is 0 Å². The second-order valence-electron chi connectivity index (χ2n) is 4.40. The van der Waals surface area contributed by atoms with Crippen molar-refractivity contribution < 1.29 is 4.74 Å². The molecule has 6 nitrogen and oxygen atoms in total. The summed E-state index contributed by atoms with van der Waals surface area (Å²) in [6, 6.07) is 8.18. The Morgan fingerprint density at radius 3 is 2.53 bits per heavy atom. The molecule has 0 unspecified atom stereocenters. The third-order valence-corrected chi connectivity index (χ3v) is 2.87. The van der Waals surface area contributed by atoms with E-state index in [0.717, 1.165) is 38.4 Å². The van der Waals surface area contributed by atoms with Crippen LogP contribution in [0, 0.1) is 0 Å². The van der Waals surface area contributed by atoms with Crippen LogP contribution in [0.2, 0.25) is 0 Å². The first-order chi connectivity index (χ1) is 9.24. The van der Waals surface area contributed by atoms with Gasteiger partial charge in [-0.3, -0.25) is 4.90 Å². The molecule has 1 fully saturated rings. The van der Waals surface area contributed by atoms with Crippen LogP contribution in [0.4, 0.5) is 0 Å². The van der Waals surface area contributed by atoms with Gasteiger partial charge in [0.1, 0.15) is 0 Å². The number of rotatable bonds is 4. The Morgan fingerprint density at radius 2 is 1.89 bits per heavy atom. The van der Waals surface area contributed by atoms with E-state index in [1.165, 1.54) is 5.56 Å². The van der Waals surface area contributed by atoms with Gasteiger partial charge in [-0.1, -0.05) is 24.3 Å². The number of benzene rings is 1. The van der Waals surface area contributed by atoms with E-state index in [1.807, 2.05) is 12.1 Å². The zero-order chi connectivity index (χ0) is 13.5. The van der Waals surface area contributed by atoms with Crippen LogP contribution in [0.3, 0.4) is 0 Å². The lowest BCUT2D eigenvalue weighted by Crippen LogP contribution is -2.35. The molecule has 0 saturated carbocycles. The van der Waals surface area contributed by atoms with Crippen LogP contribution < -0.4 is 11.5 Å². The quantitative estimate of drug-likeness (QED) is 0.458. The largest absolute Gasteiger partial charge is 0.379 e. The number of ether oxygens (including phenoxy) is 1. The van der Waals surface area contributed by atoms with Gasteiger partial charge in [0.25, 0.3) is 0 Å². The first-order valence-corrected chi connectivity index (χ1v) is 6.25. The molecule has 0 amide bonds. The lowest BCUT2D eigenvalue weighted by molar-refractivity contribution is 0.0342. The molecule has 1 aromatic carbocycles. The normalized spacial score (nSPS) is 16.6. The molecule has 1 aliphatic heterocycles. The van der Waals surface area contributed by atoms with E-state index in [9.17, 15) is 0 Å². The van der Waals surface area contributed by atoms with E-state index in [-0.39, 0.29) is 5.96 Å². The molecule has 0 atom stereocenters. The average Bonchev–Trinajstić information content (AvgIpc) is 2.42. The minimum atomic E-state index is -0.0415. The molecular weight excluding hydrogens is 242 g/mol. The summed E-state index contributed by atoms with van der Waals surface area (Å²) in [6.45, 7) is 4.59. The Bertz CT molecular complexity index is 445. The van der Waals surface area contributed by atoms with E-state index in [2.05, 4.69) is 27.2 Å². The number of nitrogens with zero attached hydrogens (tertiary/aromatic N) is 3. The van der Waals surface area contributed by atoms with Crippen LogP contribution in [0.5, 0.6) is 0 Å². The molecule has 0 aliphatic carbocycles. The van der Waals surface area contributed by atoms with Crippen LogP contribution in [0.25, 0.3) is 0 Å². The molecule has 0 bridgehead atoms. The number of hydrogen-bond donors (Lipinski definition) is 2. The van der Waals surface area contributed by atoms with Crippen molar-refractivity contribution in [2.24, 2.45) is 21.7 Å². The molecule has 2 rings (SSSR count). The SMILES string of the molecule is NC(N)=NN=Cc1ccc(CN2CCOCC2)cc1. The maximum absolute atomic E-state index is 5.33. The van der Waals surface area contributed by atoms with Crippen molar-refractivity contribution in [2.45, 2.75) is 6.54 Å². The smallest absolute Gasteiger partial charge is 0.211 e. The van der Waals surface area contributed by atoms with Crippen molar-refractivity contribution in [3.05, 3.63) is 35.4 Å². The second kappa shape index (κ2) is 6.86. The maximum Gasteiger partial charge on any atom is 0.211 e. The Kier molecular flexibility index (Phi) is 4.88. The van der Waals surface area contributed by atoms with E-state index >= 15 is 0 Å². The molecule has 1 aliphatic rings. The van der Waals surface area contributed by atoms with Gasteiger partial charge in [0, 0.05) is 19.6 Å². The van der Waals surface area contributed by atoms with Gasteiger partial charge in [-0.05, 0) is 11.1 Å².